The predicted octanol–water partition coefficient (Wildman–Crippen LogP) is 6.60. The summed E-state index contributed by atoms with van der Waals surface area (Å²) in [6.45, 7) is 7.77. The monoisotopic (exact) mass is 481 g/mol. The van der Waals surface area contributed by atoms with Gasteiger partial charge in [-0.15, -0.1) is 0 Å². The highest BCUT2D eigenvalue weighted by atomic mass is 35.5. The summed E-state index contributed by atoms with van der Waals surface area (Å²) in [6, 6.07) is 12.5. The van der Waals surface area contributed by atoms with Gasteiger partial charge in [-0.25, -0.2) is 0 Å². The number of carbonyl (C=O) groups is 1. The second-order valence-electron chi connectivity index (χ2n) is 9.23. The highest BCUT2D eigenvalue weighted by molar-refractivity contribution is 6.31. The van der Waals surface area contributed by atoms with E-state index in [2.05, 4.69) is 31.0 Å². The number of hydrogen-bond donors (Lipinski definition) is 2. The fourth-order valence-electron chi connectivity index (χ4n) is 4.40. The number of aromatic hydroxyl groups is 1. The first-order valence-electron chi connectivity index (χ1n) is 12.0. The van der Waals surface area contributed by atoms with Crippen LogP contribution in [0.3, 0.4) is 0 Å². The number of fused-ring (bicyclic) bond motifs is 1. The van der Waals surface area contributed by atoms with Crippen molar-refractivity contribution in [3.05, 3.63) is 64.3 Å². The topological polar surface area (TPSA) is 78.5 Å². The second kappa shape index (κ2) is 10.5. The summed E-state index contributed by atoms with van der Waals surface area (Å²) in [7, 11) is 0. The SMILES string of the molecule is CCCCCN1C(=O)c2[nH]nc(-c3cc(Cl)ccc3O)c2C1c1cccc(OCCC(C)C)c1. The fraction of sp³-hybridized carbons (Fsp3) is 0.407. The van der Waals surface area contributed by atoms with Gasteiger partial charge in [-0.05, 0) is 54.7 Å². The lowest BCUT2D eigenvalue weighted by atomic mass is 9.95. The van der Waals surface area contributed by atoms with E-state index in [0.29, 0.717) is 41.0 Å². The van der Waals surface area contributed by atoms with Gasteiger partial charge in [0.2, 0.25) is 0 Å². The number of amides is 1. The van der Waals surface area contributed by atoms with Gasteiger partial charge in [-0.2, -0.15) is 5.10 Å². The summed E-state index contributed by atoms with van der Waals surface area (Å²) in [5.41, 5.74) is 3.22. The van der Waals surface area contributed by atoms with E-state index >= 15 is 0 Å². The lowest BCUT2D eigenvalue weighted by Gasteiger charge is -2.27. The smallest absolute Gasteiger partial charge is 0.273 e. The van der Waals surface area contributed by atoms with Crippen LogP contribution < -0.4 is 4.74 Å². The van der Waals surface area contributed by atoms with Crippen LogP contribution in [-0.2, 0) is 0 Å². The lowest BCUT2D eigenvalue weighted by Crippen LogP contribution is -2.30. The molecular formula is C27H32ClN3O3. The Hall–Kier alpha value is -2.99. The summed E-state index contributed by atoms with van der Waals surface area (Å²) in [4.78, 5) is 15.3. The Kier molecular flexibility index (Phi) is 7.47. The van der Waals surface area contributed by atoms with E-state index in [-0.39, 0.29) is 17.7 Å². The van der Waals surface area contributed by atoms with E-state index in [1.54, 1.807) is 18.2 Å². The Morgan fingerprint density at radius 2 is 2.03 bits per heavy atom. The van der Waals surface area contributed by atoms with Gasteiger partial charge in [0.15, 0.2) is 0 Å². The molecule has 6 nitrogen and oxygen atoms in total. The number of aromatic amines is 1. The van der Waals surface area contributed by atoms with Gasteiger partial charge in [0.05, 0.1) is 12.6 Å². The molecule has 2 N–H and O–H groups in total. The molecule has 0 spiro atoms. The minimum absolute atomic E-state index is 0.0695. The van der Waals surface area contributed by atoms with Crippen LogP contribution in [0, 0.1) is 5.92 Å². The number of phenols is 1. The molecule has 0 saturated carbocycles. The maximum Gasteiger partial charge on any atom is 0.273 e. The number of rotatable bonds is 10. The van der Waals surface area contributed by atoms with Crippen molar-refractivity contribution in [2.24, 2.45) is 5.92 Å². The molecule has 0 aliphatic carbocycles. The van der Waals surface area contributed by atoms with Crippen LogP contribution in [0.15, 0.2) is 42.5 Å². The van der Waals surface area contributed by atoms with Crippen LogP contribution in [-0.4, -0.2) is 39.3 Å². The third-order valence-electron chi connectivity index (χ3n) is 6.22. The summed E-state index contributed by atoms with van der Waals surface area (Å²) < 4.78 is 6.01. The van der Waals surface area contributed by atoms with Gasteiger partial charge in [0, 0.05) is 22.7 Å². The largest absolute Gasteiger partial charge is 0.507 e. The third kappa shape index (κ3) is 4.92. The number of carbonyl (C=O) groups excluding carboxylic acids is 1. The van der Waals surface area contributed by atoms with E-state index in [1.807, 2.05) is 29.2 Å². The van der Waals surface area contributed by atoms with Gasteiger partial charge in [-0.3, -0.25) is 9.89 Å². The Balaban J connectivity index is 1.76. The van der Waals surface area contributed by atoms with Crippen molar-refractivity contribution in [3.63, 3.8) is 0 Å². The zero-order valence-corrected chi connectivity index (χ0v) is 20.7. The number of halogens is 1. The molecule has 0 radical (unpaired) electrons. The van der Waals surface area contributed by atoms with Crippen LogP contribution >= 0.6 is 11.6 Å². The highest BCUT2D eigenvalue weighted by Gasteiger charge is 2.42. The van der Waals surface area contributed by atoms with Gasteiger partial charge >= 0.3 is 0 Å². The molecule has 1 aliphatic rings. The summed E-state index contributed by atoms with van der Waals surface area (Å²) in [6.07, 6.45) is 4.00. The Morgan fingerprint density at radius 1 is 1.21 bits per heavy atom. The fourth-order valence-corrected chi connectivity index (χ4v) is 4.57. The number of H-pyrrole nitrogens is 1. The Bertz CT molecular complexity index is 1160. The van der Waals surface area contributed by atoms with Crippen molar-refractivity contribution in [1.29, 1.82) is 0 Å². The molecule has 180 valence electrons. The van der Waals surface area contributed by atoms with Crippen LogP contribution in [0.4, 0.5) is 0 Å². The first-order chi connectivity index (χ1) is 16.4. The number of nitrogens with zero attached hydrogens (tertiary/aromatic N) is 2. The van der Waals surface area contributed by atoms with Crippen LogP contribution in [0.2, 0.25) is 5.02 Å². The molecular weight excluding hydrogens is 450 g/mol. The summed E-state index contributed by atoms with van der Waals surface area (Å²) >= 11 is 6.23. The zero-order chi connectivity index (χ0) is 24.2. The predicted molar refractivity (Wildman–Crippen MR) is 134 cm³/mol. The van der Waals surface area contributed by atoms with E-state index in [1.165, 1.54) is 0 Å². The number of ether oxygens (including phenoxy) is 1. The number of phenolic OH excluding ortho intramolecular Hbond substituents is 1. The average Bonchev–Trinajstić information content (AvgIpc) is 3.35. The Labute approximate surface area is 205 Å². The van der Waals surface area contributed by atoms with Crippen molar-refractivity contribution in [2.45, 2.75) is 52.5 Å². The van der Waals surface area contributed by atoms with Crippen molar-refractivity contribution in [2.75, 3.05) is 13.2 Å². The van der Waals surface area contributed by atoms with E-state index in [4.69, 9.17) is 16.3 Å². The van der Waals surface area contributed by atoms with Crippen molar-refractivity contribution in [3.8, 4) is 22.8 Å². The molecule has 0 fully saturated rings. The maximum absolute atomic E-state index is 13.4. The van der Waals surface area contributed by atoms with Crippen LogP contribution in [0.25, 0.3) is 11.3 Å². The molecule has 0 saturated heterocycles. The number of unbranched alkanes of at least 4 members (excludes halogenated alkanes) is 2. The quantitative estimate of drug-likeness (QED) is 0.320. The lowest BCUT2D eigenvalue weighted by molar-refractivity contribution is 0.0740. The summed E-state index contributed by atoms with van der Waals surface area (Å²) in [5.74, 6) is 1.33. The molecule has 3 aromatic rings. The summed E-state index contributed by atoms with van der Waals surface area (Å²) in [5, 5.41) is 18.4. The molecule has 7 heteroatoms. The van der Waals surface area contributed by atoms with E-state index < -0.39 is 0 Å². The van der Waals surface area contributed by atoms with Crippen molar-refractivity contribution < 1.29 is 14.6 Å². The van der Waals surface area contributed by atoms with E-state index in [9.17, 15) is 9.90 Å². The molecule has 1 aliphatic heterocycles. The number of benzene rings is 2. The number of nitrogens with one attached hydrogen (secondary N) is 1. The second-order valence-corrected chi connectivity index (χ2v) is 9.67. The van der Waals surface area contributed by atoms with Gasteiger partial charge in [-0.1, -0.05) is 57.3 Å². The first kappa shape index (κ1) is 24.1. The first-order valence-corrected chi connectivity index (χ1v) is 12.4. The average molecular weight is 482 g/mol. The van der Waals surface area contributed by atoms with Gasteiger partial charge in [0.1, 0.15) is 22.9 Å². The molecule has 34 heavy (non-hydrogen) atoms. The number of aromatic nitrogens is 2. The van der Waals surface area contributed by atoms with Gasteiger partial charge in [0.25, 0.3) is 5.91 Å². The van der Waals surface area contributed by atoms with Gasteiger partial charge < -0.3 is 14.7 Å². The highest BCUT2D eigenvalue weighted by Crippen LogP contribution is 2.45. The standard InChI is InChI=1S/C27H32ClN3O3/c1-4-5-6-13-31-26(18-8-7-9-20(15-18)34-14-12-17(2)3)23-24(29-30-25(23)27(31)33)21-16-19(28)10-11-22(21)32/h7-11,15-17,26,32H,4-6,12-14H2,1-3H3,(H,29,30). The minimum Gasteiger partial charge on any atom is -0.507 e. The van der Waals surface area contributed by atoms with Crippen molar-refractivity contribution in [1.82, 2.24) is 15.1 Å². The molecule has 1 unspecified atom stereocenters. The minimum atomic E-state index is -0.333. The molecule has 2 aromatic carbocycles. The zero-order valence-electron chi connectivity index (χ0n) is 20.0. The number of hydrogen-bond acceptors (Lipinski definition) is 4. The van der Waals surface area contributed by atoms with Crippen LogP contribution in [0.5, 0.6) is 11.5 Å². The van der Waals surface area contributed by atoms with E-state index in [0.717, 1.165) is 42.6 Å². The normalized spacial score (nSPS) is 15.3. The maximum atomic E-state index is 13.4. The van der Waals surface area contributed by atoms with Crippen molar-refractivity contribution >= 4 is 17.5 Å². The molecule has 1 atom stereocenters. The van der Waals surface area contributed by atoms with Crippen LogP contribution in [0.1, 0.15) is 74.1 Å². The molecule has 1 amide bonds. The third-order valence-corrected chi connectivity index (χ3v) is 6.45. The molecule has 1 aromatic heterocycles. The Morgan fingerprint density at radius 3 is 2.79 bits per heavy atom. The molecule has 4 rings (SSSR count). The molecule has 0 bridgehead atoms. The molecule has 2 heterocycles.